The van der Waals surface area contributed by atoms with Crippen molar-refractivity contribution in [2.75, 3.05) is 14.1 Å². The van der Waals surface area contributed by atoms with Gasteiger partial charge in [-0.3, -0.25) is 4.79 Å². The topological polar surface area (TPSA) is 44.4 Å². The van der Waals surface area contributed by atoms with Crippen molar-refractivity contribution in [1.29, 1.82) is 0 Å². The third-order valence-corrected chi connectivity index (χ3v) is 3.41. The number of likely N-dealkylation sites (N-methyl/N-ethyl adjacent to an activating group) is 1. The van der Waals surface area contributed by atoms with Crippen LogP contribution in [0.1, 0.15) is 18.5 Å². The Morgan fingerprint density at radius 2 is 1.86 bits per heavy atom. The number of benzene rings is 1. The van der Waals surface area contributed by atoms with E-state index in [0.29, 0.717) is 5.70 Å². The highest BCUT2D eigenvalue weighted by Gasteiger charge is 2.34. The van der Waals surface area contributed by atoms with Gasteiger partial charge in [-0.05, 0) is 31.3 Å². The van der Waals surface area contributed by atoms with E-state index in [9.17, 15) is 13.6 Å². The largest absolute Gasteiger partial charge is 0.351 e. The van der Waals surface area contributed by atoms with Crippen molar-refractivity contribution in [1.82, 2.24) is 15.5 Å². The number of allylic oxidation sites excluding steroid dienone is 1. The van der Waals surface area contributed by atoms with Gasteiger partial charge in [-0.1, -0.05) is 6.07 Å². The minimum atomic E-state index is -0.963. The number of thiocarbonyl (C=S) groups is 1. The number of hydrogen-bond donors (Lipinski definition) is 2. The van der Waals surface area contributed by atoms with Gasteiger partial charge in [-0.2, -0.15) is 0 Å². The van der Waals surface area contributed by atoms with E-state index in [1.54, 1.807) is 21.0 Å². The minimum Gasteiger partial charge on any atom is -0.351 e. The number of hydrogen-bond acceptors (Lipinski definition) is 2. The van der Waals surface area contributed by atoms with E-state index in [0.717, 1.165) is 12.1 Å². The van der Waals surface area contributed by atoms with Crippen molar-refractivity contribution in [2.45, 2.75) is 13.0 Å². The summed E-state index contributed by atoms with van der Waals surface area (Å²) in [6, 6.07) is 2.61. The third-order valence-electron chi connectivity index (χ3n) is 3.19. The Kier molecular flexibility index (Phi) is 4.22. The Morgan fingerprint density at radius 3 is 2.38 bits per heavy atom. The number of nitrogens with zero attached hydrogens (tertiary/aromatic N) is 1. The second kappa shape index (κ2) is 5.77. The summed E-state index contributed by atoms with van der Waals surface area (Å²) in [5.41, 5.74) is 0.494. The molecule has 1 heterocycles. The van der Waals surface area contributed by atoms with Crippen LogP contribution < -0.4 is 10.6 Å². The van der Waals surface area contributed by atoms with E-state index in [-0.39, 0.29) is 22.2 Å². The average Bonchev–Trinajstić information content (AvgIpc) is 2.37. The van der Waals surface area contributed by atoms with Gasteiger partial charge in [0, 0.05) is 19.8 Å². The Morgan fingerprint density at radius 1 is 1.29 bits per heavy atom. The zero-order chi connectivity index (χ0) is 15.7. The summed E-state index contributed by atoms with van der Waals surface area (Å²) in [6.45, 7) is 1.65. The molecule has 0 saturated heterocycles. The molecular weight excluding hydrogens is 296 g/mol. The first-order valence-electron chi connectivity index (χ1n) is 6.26. The van der Waals surface area contributed by atoms with Gasteiger partial charge in [-0.15, -0.1) is 0 Å². The molecule has 1 aromatic carbocycles. The summed E-state index contributed by atoms with van der Waals surface area (Å²) < 4.78 is 28.1. The van der Waals surface area contributed by atoms with Crippen molar-refractivity contribution in [2.24, 2.45) is 0 Å². The lowest BCUT2D eigenvalue weighted by Gasteiger charge is -2.31. The molecule has 0 unspecified atom stereocenters. The molecule has 0 spiro atoms. The van der Waals surface area contributed by atoms with E-state index in [1.165, 1.54) is 11.0 Å². The molecule has 7 heteroatoms. The van der Waals surface area contributed by atoms with Gasteiger partial charge in [0.1, 0.15) is 11.6 Å². The number of carbonyl (C=O) groups is 1. The van der Waals surface area contributed by atoms with Crippen LogP contribution in [0.15, 0.2) is 29.5 Å². The maximum Gasteiger partial charge on any atom is 0.253 e. The standard InChI is InChI=1S/C14H15F2N3OS/c1-7-10(13(20)19(2)3)12(18-14(21)17-7)11-8(15)5-4-6-9(11)16/h4-6,12H,1-3H3,(H2,17,18,21)/t12-/m0/s1. The van der Waals surface area contributed by atoms with Crippen LogP contribution in [0.4, 0.5) is 8.78 Å². The van der Waals surface area contributed by atoms with Crippen LogP contribution >= 0.6 is 12.2 Å². The van der Waals surface area contributed by atoms with Gasteiger partial charge in [0.25, 0.3) is 5.91 Å². The second-order valence-electron chi connectivity index (χ2n) is 4.91. The lowest BCUT2D eigenvalue weighted by Crippen LogP contribution is -2.47. The Labute approximate surface area is 126 Å². The van der Waals surface area contributed by atoms with E-state index < -0.39 is 17.7 Å². The van der Waals surface area contributed by atoms with Crippen molar-refractivity contribution in [3.63, 3.8) is 0 Å². The number of nitrogens with one attached hydrogen (secondary N) is 2. The molecule has 0 fully saturated rings. The molecule has 4 nitrogen and oxygen atoms in total. The fraction of sp³-hybridized carbons (Fsp3) is 0.286. The summed E-state index contributed by atoms with van der Waals surface area (Å²) in [7, 11) is 3.15. The molecule has 0 aromatic heterocycles. The van der Waals surface area contributed by atoms with Crippen LogP contribution in [0.5, 0.6) is 0 Å². The second-order valence-corrected chi connectivity index (χ2v) is 5.31. The Bertz CT molecular complexity index is 623. The molecule has 112 valence electrons. The molecule has 21 heavy (non-hydrogen) atoms. The molecule has 1 atom stereocenters. The minimum absolute atomic E-state index is 0.217. The Hall–Kier alpha value is -2.02. The smallest absolute Gasteiger partial charge is 0.253 e. The molecule has 1 aromatic rings. The molecule has 0 bridgehead atoms. The molecule has 0 aliphatic carbocycles. The third kappa shape index (κ3) is 2.87. The van der Waals surface area contributed by atoms with Crippen LogP contribution in [0.25, 0.3) is 0 Å². The van der Waals surface area contributed by atoms with Gasteiger partial charge >= 0.3 is 0 Å². The zero-order valence-electron chi connectivity index (χ0n) is 11.8. The predicted molar refractivity (Wildman–Crippen MR) is 79.4 cm³/mol. The van der Waals surface area contributed by atoms with Crippen LogP contribution in [-0.2, 0) is 4.79 Å². The fourth-order valence-corrected chi connectivity index (χ4v) is 2.49. The van der Waals surface area contributed by atoms with E-state index in [4.69, 9.17) is 12.2 Å². The Balaban J connectivity index is 2.61. The summed E-state index contributed by atoms with van der Waals surface area (Å²) >= 11 is 5.03. The highest BCUT2D eigenvalue weighted by atomic mass is 32.1. The molecule has 0 radical (unpaired) electrons. The number of halogens is 2. The summed E-state index contributed by atoms with van der Waals surface area (Å²) in [5, 5.41) is 5.79. The summed E-state index contributed by atoms with van der Waals surface area (Å²) in [4.78, 5) is 13.7. The normalized spacial score (nSPS) is 18.1. The predicted octanol–water partition coefficient (Wildman–Crippen LogP) is 1.85. The summed E-state index contributed by atoms with van der Waals surface area (Å²) in [5.74, 6) is -1.80. The number of carbonyl (C=O) groups excluding carboxylic acids is 1. The zero-order valence-corrected chi connectivity index (χ0v) is 12.6. The van der Waals surface area contributed by atoms with Gasteiger partial charge in [-0.25, -0.2) is 8.78 Å². The van der Waals surface area contributed by atoms with Gasteiger partial charge in [0.15, 0.2) is 5.11 Å². The molecule has 2 rings (SSSR count). The van der Waals surface area contributed by atoms with Crippen molar-refractivity contribution >= 4 is 23.2 Å². The van der Waals surface area contributed by atoms with Gasteiger partial charge in [0.05, 0.1) is 17.2 Å². The lowest BCUT2D eigenvalue weighted by atomic mass is 9.94. The van der Waals surface area contributed by atoms with Crippen molar-refractivity contribution < 1.29 is 13.6 Å². The first-order chi connectivity index (χ1) is 9.82. The van der Waals surface area contributed by atoms with Crippen LogP contribution in [0.2, 0.25) is 0 Å². The average molecular weight is 311 g/mol. The molecule has 1 aliphatic rings. The maximum absolute atomic E-state index is 14.0. The molecule has 0 saturated carbocycles. The van der Waals surface area contributed by atoms with Crippen LogP contribution in [0.3, 0.4) is 0 Å². The van der Waals surface area contributed by atoms with Crippen molar-refractivity contribution in [3.8, 4) is 0 Å². The summed E-state index contributed by atoms with van der Waals surface area (Å²) in [6.07, 6.45) is 0. The molecule has 1 amide bonds. The van der Waals surface area contributed by atoms with Crippen molar-refractivity contribution in [3.05, 3.63) is 46.7 Å². The number of amides is 1. The number of rotatable bonds is 2. The molecular formula is C14H15F2N3OS. The maximum atomic E-state index is 14.0. The highest BCUT2D eigenvalue weighted by molar-refractivity contribution is 7.80. The van der Waals surface area contributed by atoms with Gasteiger partial charge < -0.3 is 15.5 Å². The molecule has 2 N–H and O–H groups in total. The quantitative estimate of drug-likeness (QED) is 0.818. The van der Waals surface area contributed by atoms with Crippen LogP contribution in [-0.4, -0.2) is 30.0 Å². The SMILES string of the molecule is CC1=C(C(=O)N(C)C)[C@@H](c2c(F)cccc2F)NC(=S)N1. The molecule has 1 aliphatic heterocycles. The van der Waals surface area contributed by atoms with E-state index in [1.807, 2.05) is 0 Å². The van der Waals surface area contributed by atoms with Crippen LogP contribution in [0, 0.1) is 11.6 Å². The first-order valence-corrected chi connectivity index (χ1v) is 6.67. The van der Waals surface area contributed by atoms with E-state index in [2.05, 4.69) is 10.6 Å². The fourth-order valence-electron chi connectivity index (χ4n) is 2.22. The van der Waals surface area contributed by atoms with Gasteiger partial charge in [0.2, 0.25) is 0 Å². The highest BCUT2D eigenvalue weighted by Crippen LogP contribution is 2.31. The van der Waals surface area contributed by atoms with E-state index >= 15 is 0 Å². The monoisotopic (exact) mass is 311 g/mol. The first kappa shape index (κ1) is 15.4. The lowest BCUT2D eigenvalue weighted by molar-refractivity contribution is -0.125.